The summed E-state index contributed by atoms with van der Waals surface area (Å²) in [6.45, 7) is 2.06. The maximum atomic E-state index is 11.2. The lowest BCUT2D eigenvalue weighted by Gasteiger charge is -2.25. The smallest absolute Gasteiger partial charge is 0.162 e. The molecule has 1 aliphatic carbocycles. The highest BCUT2D eigenvalue weighted by Crippen LogP contribution is 2.17. The number of rotatable bonds is 4. The molecule has 0 saturated heterocycles. The van der Waals surface area contributed by atoms with Gasteiger partial charge in [-0.3, -0.25) is 4.79 Å². The van der Waals surface area contributed by atoms with Gasteiger partial charge in [0.1, 0.15) is 0 Å². The molecule has 1 unspecified atom stereocenters. The summed E-state index contributed by atoms with van der Waals surface area (Å²) in [7, 11) is 0. The summed E-state index contributed by atoms with van der Waals surface area (Å²) in [5, 5.41) is 3.34. The highest BCUT2D eigenvalue weighted by Gasteiger charge is 2.18. The van der Waals surface area contributed by atoms with Crippen LogP contribution in [0.4, 0.5) is 0 Å². The van der Waals surface area contributed by atoms with E-state index in [1.165, 1.54) is 32.1 Å². The number of Topliss-reactive ketones (excluding diaryl/α,β-unsaturated/α-hetero) is 1. The van der Waals surface area contributed by atoms with Crippen molar-refractivity contribution in [3.63, 3.8) is 0 Å². The molecule has 3 N–H and O–H groups in total. The van der Waals surface area contributed by atoms with Gasteiger partial charge in [-0.2, -0.15) is 0 Å². The Kier molecular flexibility index (Phi) is 4.39. The minimum absolute atomic E-state index is 0.0619. The fourth-order valence-electron chi connectivity index (χ4n) is 1.89. The van der Waals surface area contributed by atoms with E-state index < -0.39 is 0 Å². The van der Waals surface area contributed by atoms with Crippen LogP contribution in [0.15, 0.2) is 0 Å². The zero-order valence-electron chi connectivity index (χ0n) is 8.38. The van der Waals surface area contributed by atoms with Gasteiger partial charge in [0, 0.05) is 6.04 Å². The molecule has 1 fully saturated rings. The SMILES string of the molecule is CC(NC1CCCCC1)C(=O)CN. The number of carbonyl (C=O) groups is 1. The van der Waals surface area contributed by atoms with Gasteiger partial charge in [-0.05, 0) is 19.8 Å². The van der Waals surface area contributed by atoms with E-state index in [1.54, 1.807) is 0 Å². The fraction of sp³-hybridized carbons (Fsp3) is 0.900. The molecule has 0 heterocycles. The van der Waals surface area contributed by atoms with E-state index in [0.29, 0.717) is 6.04 Å². The van der Waals surface area contributed by atoms with E-state index in [-0.39, 0.29) is 18.4 Å². The lowest BCUT2D eigenvalue weighted by atomic mass is 9.94. The van der Waals surface area contributed by atoms with Gasteiger partial charge < -0.3 is 11.1 Å². The first kappa shape index (κ1) is 10.7. The van der Waals surface area contributed by atoms with Crippen molar-refractivity contribution in [2.24, 2.45) is 5.73 Å². The molecular weight excluding hydrogens is 164 g/mol. The molecule has 0 aromatic heterocycles. The van der Waals surface area contributed by atoms with Gasteiger partial charge in [0.25, 0.3) is 0 Å². The number of ketones is 1. The quantitative estimate of drug-likeness (QED) is 0.680. The van der Waals surface area contributed by atoms with Gasteiger partial charge in [-0.15, -0.1) is 0 Å². The number of hydrogen-bond donors (Lipinski definition) is 2. The lowest BCUT2D eigenvalue weighted by Crippen LogP contribution is -2.44. The minimum Gasteiger partial charge on any atom is -0.324 e. The fourth-order valence-corrected chi connectivity index (χ4v) is 1.89. The number of hydrogen-bond acceptors (Lipinski definition) is 3. The van der Waals surface area contributed by atoms with Gasteiger partial charge >= 0.3 is 0 Å². The maximum Gasteiger partial charge on any atom is 0.162 e. The normalized spacial score (nSPS) is 21.4. The van der Waals surface area contributed by atoms with Crippen molar-refractivity contribution < 1.29 is 4.79 Å². The second-order valence-electron chi connectivity index (χ2n) is 3.89. The monoisotopic (exact) mass is 184 g/mol. The van der Waals surface area contributed by atoms with Gasteiger partial charge in [0.2, 0.25) is 0 Å². The molecule has 0 bridgehead atoms. The van der Waals surface area contributed by atoms with E-state index in [9.17, 15) is 4.79 Å². The molecular formula is C10H20N2O. The molecule has 0 aromatic rings. The molecule has 13 heavy (non-hydrogen) atoms. The van der Waals surface area contributed by atoms with Crippen molar-refractivity contribution in [3.05, 3.63) is 0 Å². The molecule has 76 valence electrons. The van der Waals surface area contributed by atoms with Crippen LogP contribution in [0.1, 0.15) is 39.0 Å². The minimum atomic E-state index is -0.0619. The van der Waals surface area contributed by atoms with Gasteiger partial charge in [-0.1, -0.05) is 19.3 Å². The summed E-state index contributed by atoms with van der Waals surface area (Å²) in [5.74, 6) is 0.116. The highest BCUT2D eigenvalue weighted by molar-refractivity contribution is 5.85. The zero-order chi connectivity index (χ0) is 9.68. The van der Waals surface area contributed by atoms with E-state index in [1.807, 2.05) is 6.92 Å². The third kappa shape index (κ3) is 3.44. The first-order valence-electron chi connectivity index (χ1n) is 5.23. The van der Waals surface area contributed by atoms with Crippen molar-refractivity contribution in [3.8, 4) is 0 Å². The van der Waals surface area contributed by atoms with Crippen LogP contribution in [-0.2, 0) is 4.79 Å². The lowest BCUT2D eigenvalue weighted by molar-refractivity contribution is -0.119. The molecule has 0 radical (unpaired) electrons. The van der Waals surface area contributed by atoms with Crippen molar-refractivity contribution >= 4 is 5.78 Å². The second-order valence-corrected chi connectivity index (χ2v) is 3.89. The Balaban J connectivity index is 2.25. The third-order valence-corrected chi connectivity index (χ3v) is 2.78. The Morgan fingerprint density at radius 2 is 2.08 bits per heavy atom. The van der Waals surface area contributed by atoms with E-state index in [2.05, 4.69) is 5.32 Å². The number of nitrogens with one attached hydrogen (secondary N) is 1. The van der Waals surface area contributed by atoms with E-state index in [0.717, 1.165) is 0 Å². The number of carbonyl (C=O) groups excluding carboxylic acids is 1. The second kappa shape index (κ2) is 5.35. The first-order chi connectivity index (χ1) is 6.24. The molecule has 0 aromatic carbocycles. The molecule has 0 amide bonds. The van der Waals surface area contributed by atoms with Crippen molar-refractivity contribution in [1.82, 2.24) is 5.32 Å². The molecule has 1 aliphatic rings. The molecule has 1 rings (SSSR count). The first-order valence-corrected chi connectivity index (χ1v) is 5.23. The standard InChI is InChI=1S/C10H20N2O/c1-8(10(13)7-11)12-9-5-3-2-4-6-9/h8-9,12H,2-7,11H2,1H3. The predicted octanol–water partition coefficient (Wildman–Crippen LogP) is 0.825. The third-order valence-electron chi connectivity index (χ3n) is 2.78. The Bertz CT molecular complexity index is 164. The number of nitrogens with two attached hydrogens (primary N) is 1. The Morgan fingerprint density at radius 3 is 2.62 bits per heavy atom. The van der Waals surface area contributed by atoms with Gasteiger partial charge in [-0.25, -0.2) is 0 Å². The summed E-state index contributed by atoms with van der Waals surface area (Å²) < 4.78 is 0. The topological polar surface area (TPSA) is 55.1 Å². The van der Waals surface area contributed by atoms with Gasteiger partial charge in [0.05, 0.1) is 12.6 Å². The predicted molar refractivity (Wildman–Crippen MR) is 53.5 cm³/mol. The van der Waals surface area contributed by atoms with E-state index in [4.69, 9.17) is 5.73 Å². The Hall–Kier alpha value is -0.410. The van der Waals surface area contributed by atoms with Gasteiger partial charge in [0.15, 0.2) is 5.78 Å². The molecule has 0 spiro atoms. The summed E-state index contributed by atoms with van der Waals surface area (Å²) in [6, 6.07) is 0.479. The molecule has 1 atom stereocenters. The molecule has 3 nitrogen and oxygen atoms in total. The van der Waals surface area contributed by atoms with E-state index >= 15 is 0 Å². The molecule has 0 aliphatic heterocycles. The van der Waals surface area contributed by atoms with Crippen molar-refractivity contribution in [1.29, 1.82) is 0 Å². The van der Waals surface area contributed by atoms with Crippen molar-refractivity contribution in [2.45, 2.75) is 51.1 Å². The Labute approximate surface area is 80.1 Å². The average molecular weight is 184 g/mol. The van der Waals surface area contributed by atoms with Crippen LogP contribution in [0.2, 0.25) is 0 Å². The highest BCUT2D eigenvalue weighted by atomic mass is 16.1. The van der Waals surface area contributed by atoms with Crippen molar-refractivity contribution in [2.75, 3.05) is 6.54 Å². The zero-order valence-corrected chi connectivity index (χ0v) is 8.38. The summed E-state index contributed by atoms with van der Waals surface area (Å²) in [6.07, 6.45) is 6.35. The summed E-state index contributed by atoms with van der Waals surface area (Å²) in [5.41, 5.74) is 5.29. The summed E-state index contributed by atoms with van der Waals surface area (Å²) >= 11 is 0. The molecule has 3 heteroatoms. The van der Waals surface area contributed by atoms with Crippen LogP contribution in [0, 0.1) is 0 Å². The van der Waals surface area contributed by atoms with Crippen LogP contribution in [0.3, 0.4) is 0 Å². The Morgan fingerprint density at radius 1 is 1.46 bits per heavy atom. The average Bonchev–Trinajstić information content (AvgIpc) is 2.18. The van der Waals surface area contributed by atoms with Crippen LogP contribution in [0.25, 0.3) is 0 Å². The van der Waals surface area contributed by atoms with Crippen LogP contribution in [-0.4, -0.2) is 24.4 Å². The van der Waals surface area contributed by atoms with Crippen LogP contribution < -0.4 is 11.1 Å². The van der Waals surface area contributed by atoms with Crippen LogP contribution >= 0.6 is 0 Å². The summed E-state index contributed by atoms with van der Waals surface area (Å²) in [4.78, 5) is 11.2. The maximum absolute atomic E-state index is 11.2. The van der Waals surface area contributed by atoms with Crippen LogP contribution in [0.5, 0.6) is 0 Å². The molecule has 1 saturated carbocycles. The largest absolute Gasteiger partial charge is 0.324 e.